The average molecular weight is 413 g/mol. The van der Waals surface area contributed by atoms with Crippen molar-refractivity contribution in [3.63, 3.8) is 0 Å². The Morgan fingerprint density at radius 1 is 0.839 bits per heavy atom. The zero-order chi connectivity index (χ0) is 22.0. The highest BCUT2D eigenvalue weighted by Crippen LogP contribution is 2.25. The fraction of sp³-hybridized carbons (Fsp3) is 0.125. The summed E-state index contributed by atoms with van der Waals surface area (Å²) >= 11 is 0. The Hall–Kier alpha value is -4.13. The van der Waals surface area contributed by atoms with Crippen LogP contribution in [0.3, 0.4) is 0 Å². The maximum Gasteiger partial charge on any atom is 0.261 e. The summed E-state index contributed by atoms with van der Waals surface area (Å²) in [4.78, 5) is 24.5. The van der Waals surface area contributed by atoms with E-state index < -0.39 is 0 Å². The fourth-order valence-corrected chi connectivity index (χ4v) is 3.39. The molecule has 0 atom stereocenters. The standard InChI is InChI=1S/C24H23N5O2/c1-16-6-12-21(13-7-16)29-24(28-14-4-5-15-28)22(17(2)27-29)23(31)26-20-10-8-19(9-11-20)25-18(3)30/h4-15H,1-3H3,(H,25,30)(H,26,31). The SMILES string of the molecule is CC(=O)Nc1ccc(NC(=O)c2c(C)nn(-c3ccc(C)cc3)c2-n2cccc2)cc1. The molecule has 31 heavy (non-hydrogen) atoms. The van der Waals surface area contributed by atoms with Crippen LogP contribution in [-0.2, 0) is 4.79 Å². The number of nitrogens with zero attached hydrogens (tertiary/aromatic N) is 3. The van der Waals surface area contributed by atoms with E-state index in [2.05, 4.69) is 15.7 Å². The van der Waals surface area contributed by atoms with Gasteiger partial charge in [-0.1, -0.05) is 17.7 Å². The van der Waals surface area contributed by atoms with Gasteiger partial charge in [-0.15, -0.1) is 0 Å². The van der Waals surface area contributed by atoms with E-state index in [-0.39, 0.29) is 11.8 Å². The number of anilines is 2. The van der Waals surface area contributed by atoms with Crippen LogP contribution in [0.1, 0.15) is 28.5 Å². The van der Waals surface area contributed by atoms with Crippen molar-refractivity contribution in [2.75, 3.05) is 10.6 Å². The smallest absolute Gasteiger partial charge is 0.261 e. The fourth-order valence-electron chi connectivity index (χ4n) is 3.39. The summed E-state index contributed by atoms with van der Waals surface area (Å²) in [5, 5.41) is 10.3. The van der Waals surface area contributed by atoms with Crippen molar-refractivity contribution in [1.82, 2.24) is 14.3 Å². The second-order valence-electron chi connectivity index (χ2n) is 7.33. The molecular formula is C24H23N5O2. The van der Waals surface area contributed by atoms with Crippen LogP contribution in [0.2, 0.25) is 0 Å². The van der Waals surface area contributed by atoms with E-state index in [1.165, 1.54) is 6.92 Å². The number of amides is 2. The molecule has 0 saturated carbocycles. The first-order chi connectivity index (χ1) is 14.9. The molecule has 7 nitrogen and oxygen atoms in total. The minimum Gasteiger partial charge on any atom is -0.326 e. The molecule has 2 N–H and O–H groups in total. The lowest BCUT2D eigenvalue weighted by atomic mass is 10.2. The summed E-state index contributed by atoms with van der Waals surface area (Å²) in [6.45, 7) is 5.31. The Balaban J connectivity index is 1.71. The Bertz CT molecular complexity index is 1220. The highest BCUT2D eigenvalue weighted by atomic mass is 16.2. The zero-order valence-electron chi connectivity index (χ0n) is 17.6. The molecule has 4 aromatic rings. The third-order valence-electron chi connectivity index (χ3n) is 4.85. The highest BCUT2D eigenvalue weighted by Gasteiger charge is 2.23. The minimum atomic E-state index is -0.258. The van der Waals surface area contributed by atoms with Gasteiger partial charge in [-0.05, 0) is 62.4 Å². The third kappa shape index (κ3) is 4.25. The van der Waals surface area contributed by atoms with E-state index >= 15 is 0 Å². The monoisotopic (exact) mass is 413 g/mol. The van der Waals surface area contributed by atoms with Gasteiger partial charge in [0.15, 0.2) is 5.82 Å². The number of aryl methyl sites for hydroxylation is 2. The van der Waals surface area contributed by atoms with Gasteiger partial charge in [0.1, 0.15) is 5.56 Å². The van der Waals surface area contributed by atoms with Crippen LogP contribution in [-0.4, -0.2) is 26.2 Å². The van der Waals surface area contributed by atoms with Crippen molar-refractivity contribution in [2.24, 2.45) is 0 Å². The van der Waals surface area contributed by atoms with Crippen molar-refractivity contribution in [3.05, 3.63) is 89.9 Å². The molecule has 0 unspecified atom stereocenters. The first-order valence-corrected chi connectivity index (χ1v) is 9.91. The van der Waals surface area contributed by atoms with Gasteiger partial charge >= 0.3 is 0 Å². The van der Waals surface area contributed by atoms with Crippen molar-refractivity contribution in [1.29, 1.82) is 0 Å². The molecule has 2 heterocycles. The summed E-state index contributed by atoms with van der Waals surface area (Å²) in [7, 11) is 0. The summed E-state index contributed by atoms with van der Waals surface area (Å²) in [6.07, 6.45) is 3.78. The first-order valence-electron chi connectivity index (χ1n) is 9.91. The van der Waals surface area contributed by atoms with E-state index in [9.17, 15) is 9.59 Å². The van der Waals surface area contributed by atoms with Gasteiger partial charge in [-0.2, -0.15) is 5.10 Å². The second-order valence-corrected chi connectivity index (χ2v) is 7.33. The maximum absolute atomic E-state index is 13.3. The van der Waals surface area contributed by atoms with E-state index in [1.807, 2.05) is 67.2 Å². The molecule has 0 aliphatic heterocycles. The Kier molecular flexibility index (Phi) is 5.41. The molecule has 2 aromatic heterocycles. The normalized spacial score (nSPS) is 10.7. The number of hydrogen-bond acceptors (Lipinski definition) is 3. The van der Waals surface area contributed by atoms with Gasteiger partial charge in [-0.25, -0.2) is 4.68 Å². The molecule has 0 aliphatic rings. The molecule has 0 spiro atoms. The molecule has 0 aliphatic carbocycles. The lowest BCUT2D eigenvalue weighted by molar-refractivity contribution is -0.114. The molecule has 2 amide bonds. The van der Waals surface area contributed by atoms with Crippen LogP contribution in [0.4, 0.5) is 11.4 Å². The van der Waals surface area contributed by atoms with Gasteiger partial charge in [0.25, 0.3) is 5.91 Å². The molecule has 0 bridgehead atoms. The summed E-state index contributed by atoms with van der Waals surface area (Å²) < 4.78 is 3.66. The summed E-state index contributed by atoms with van der Waals surface area (Å²) in [6, 6.07) is 18.8. The van der Waals surface area contributed by atoms with Crippen molar-refractivity contribution < 1.29 is 9.59 Å². The quantitative estimate of drug-likeness (QED) is 0.506. The molecule has 4 rings (SSSR count). The van der Waals surface area contributed by atoms with E-state index in [0.29, 0.717) is 28.5 Å². The number of carbonyl (C=O) groups is 2. The Morgan fingerprint density at radius 2 is 1.42 bits per heavy atom. The number of aromatic nitrogens is 3. The maximum atomic E-state index is 13.3. The van der Waals surface area contributed by atoms with Crippen molar-refractivity contribution >= 4 is 23.2 Å². The summed E-state index contributed by atoms with van der Waals surface area (Å²) in [5.41, 5.74) is 4.42. The average Bonchev–Trinajstić information content (AvgIpc) is 3.37. The summed E-state index contributed by atoms with van der Waals surface area (Å²) in [5.74, 6) is 0.262. The molecule has 7 heteroatoms. The lowest BCUT2D eigenvalue weighted by Crippen LogP contribution is -2.16. The number of carbonyl (C=O) groups excluding carboxylic acids is 2. The van der Waals surface area contributed by atoms with Crippen LogP contribution in [0.15, 0.2) is 73.1 Å². The van der Waals surface area contributed by atoms with Crippen LogP contribution >= 0.6 is 0 Å². The molecule has 0 saturated heterocycles. The number of hydrogen-bond donors (Lipinski definition) is 2. The molecule has 0 radical (unpaired) electrons. The molecule has 2 aromatic carbocycles. The van der Waals surface area contributed by atoms with E-state index in [0.717, 1.165) is 11.3 Å². The van der Waals surface area contributed by atoms with Gasteiger partial charge in [0, 0.05) is 30.7 Å². The molecule has 0 fully saturated rings. The number of rotatable bonds is 5. The number of benzene rings is 2. The van der Waals surface area contributed by atoms with Crippen LogP contribution in [0.25, 0.3) is 11.5 Å². The van der Waals surface area contributed by atoms with E-state index in [4.69, 9.17) is 0 Å². The molecule has 156 valence electrons. The van der Waals surface area contributed by atoms with Gasteiger partial charge in [-0.3, -0.25) is 9.59 Å². The van der Waals surface area contributed by atoms with Crippen molar-refractivity contribution in [3.8, 4) is 11.5 Å². The second kappa shape index (κ2) is 8.31. The minimum absolute atomic E-state index is 0.146. The zero-order valence-corrected chi connectivity index (χ0v) is 17.6. The van der Waals surface area contributed by atoms with Gasteiger partial charge < -0.3 is 15.2 Å². The highest BCUT2D eigenvalue weighted by molar-refractivity contribution is 6.07. The Morgan fingerprint density at radius 3 is 2.00 bits per heavy atom. The third-order valence-corrected chi connectivity index (χ3v) is 4.85. The van der Waals surface area contributed by atoms with E-state index in [1.54, 1.807) is 28.9 Å². The van der Waals surface area contributed by atoms with Crippen LogP contribution in [0.5, 0.6) is 0 Å². The Labute approximate surface area is 180 Å². The van der Waals surface area contributed by atoms with Gasteiger partial charge in [0.2, 0.25) is 5.91 Å². The van der Waals surface area contributed by atoms with Crippen LogP contribution in [0, 0.1) is 13.8 Å². The van der Waals surface area contributed by atoms with Crippen molar-refractivity contribution in [2.45, 2.75) is 20.8 Å². The topological polar surface area (TPSA) is 81.0 Å². The number of nitrogens with one attached hydrogen (secondary N) is 2. The van der Waals surface area contributed by atoms with Gasteiger partial charge in [0.05, 0.1) is 11.4 Å². The predicted octanol–water partition coefficient (Wildman–Crippen LogP) is 4.49. The van der Waals surface area contributed by atoms with Crippen LogP contribution < -0.4 is 10.6 Å². The first kappa shape index (κ1) is 20.2. The lowest BCUT2D eigenvalue weighted by Gasteiger charge is -2.12. The predicted molar refractivity (Wildman–Crippen MR) is 121 cm³/mol. The molecular weight excluding hydrogens is 390 g/mol. The largest absolute Gasteiger partial charge is 0.326 e.